The number of nitrogens with two attached hydrogens (primary N) is 1. The van der Waals surface area contributed by atoms with Gasteiger partial charge in [-0.05, 0) is 17.7 Å². The molecule has 2 N–H and O–H groups in total. The Morgan fingerprint density at radius 3 is 3.19 bits per heavy atom. The fourth-order valence-electron chi connectivity index (χ4n) is 2.47. The van der Waals surface area contributed by atoms with Crippen molar-refractivity contribution in [2.24, 2.45) is 5.73 Å². The minimum absolute atomic E-state index is 0.0399. The number of primary amides is 1. The number of nitrogens with zero attached hydrogens (tertiary/aromatic N) is 2. The van der Waals surface area contributed by atoms with Crippen LogP contribution in [0.4, 0.5) is 0 Å². The number of carbonyl (C=O) groups is 1. The number of thiazole rings is 1. The van der Waals surface area contributed by atoms with E-state index in [2.05, 4.69) is 9.88 Å². The monoisotopic (exact) mass is 303 g/mol. The average Bonchev–Trinajstić information content (AvgIpc) is 3.02. The molecule has 0 saturated carbocycles. The van der Waals surface area contributed by atoms with Crippen LogP contribution < -0.4 is 5.73 Å². The SMILES string of the molecule is NC(=O)c1cccc(CN2CCO[C@H](c3nccs3)C2)c1. The van der Waals surface area contributed by atoms with Gasteiger partial charge in [0.1, 0.15) is 11.1 Å². The van der Waals surface area contributed by atoms with Crippen molar-refractivity contribution in [2.45, 2.75) is 12.6 Å². The van der Waals surface area contributed by atoms with E-state index in [0.29, 0.717) is 12.2 Å². The molecule has 1 aromatic heterocycles. The molecule has 3 rings (SSSR count). The highest BCUT2D eigenvalue weighted by Gasteiger charge is 2.23. The van der Waals surface area contributed by atoms with Gasteiger partial charge in [0.2, 0.25) is 5.91 Å². The van der Waals surface area contributed by atoms with Crippen LogP contribution in [-0.2, 0) is 11.3 Å². The van der Waals surface area contributed by atoms with Gasteiger partial charge in [-0.15, -0.1) is 11.3 Å². The number of carbonyl (C=O) groups excluding carboxylic acids is 1. The van der Waals surface area contributed by atoms with E-state index in [1.165, 1.54) is 0 Å². The van der Waals surface area contributed by atoms with Crippen molar-refractivity contribution in [1.29, 1.82) is 0 Å². The maximum atomic E-state index is 11.2. The van der Waals surface area contributed by atoms with Gasteiger partial charge in [0.25, 0.3) is 0 Å². The highest BCUT2D eigenvalue weighted by atomic mass is 32.1. The quantitative estimate of drug-likeness (QED) is 0.935. The molecule has 0 unspecified atom stereocenters. The van der Waals surface area contributed by atoms with E-state index >= 15 is 0 Å². The van der Waals surface area contributed by atoms with E-state index in [-0.39, 0.29) is 12.0 Å². The zero-order chi connectivity index (χ0) is 14.7. The molecule has 1 amide bonds. The molecule has 110 valence electrons. The van der Waals surface area contributed by atoms with E-state index in [9.17, 15) is 4.79 Å². The number of hydrogen-bond donors (Lipinski definition) is 1. The minimum atomic E-state index is -0.389. The third-order valence-corrected chi connectivity index (χ3v) is 4.36. The maximum Gasteiger partial charge on any atom is 0.248 e. The maximum absolute atomic E-state index is 11.2. The molecule has 21 heavy (non-hydrogen) atoms. The summed E-state index contributed by atoms with van der Waals surface area (Å²) in [5, 5.41) is 2.99. The van der Waals surface area contributed by atoms with E-state index in [0.717, 1.165) is 30.2 Å². The van der Waals surface area contributed by atoms with Gasteiger partial charge in [-0.25, -0.2) is 4.98 Å². The number of amides is 1. The van der Waals surface area contributed by atoms with Crippen molar-refractivity contribution in [3.63, 3.8) is 0 Å². The molecule has 6 heteroatoms. The Hall–Kier alpha value is -1.76. The molecule has 1 saturated heterocycles. The molecule has 0 aliphatic carbocycles. The van der Waals surface area contributed by atoms with Gasteiger partial charge in [0.15, 0.2) is 0 Å². The summed E-state index contributed by atoms with van der Waals surface area (Å²) >= 11 is 1.62. The number of ether oxygens (including phenoxy) is 1. The molecule has 5 nitrogen and oxygen atoms in total. The molecular formula is C15H17N3O2S. The first-order valence-electron chi connectivity index (χ1n) is 6.84. The molecule has 0 radical (unpaired) electrons. The lowest BCUT2D eigenvalue weighted by molar-refractivity contribution is -0.0330. The van der Waals surface area contributed by atoms with Crippen molar-refractivity contribution in [2.75, 3.05) is 19.7 Å². The van der Waals surface area contributed by atoms with Gasteiger partial charge < -0.3 is 10.5 Å². The van der Waals surface area contributed by atoms with Crippen LogP contribution in [0.3, 0.4) is 0 Å². The number of rotatable bonds is 4. The molecular weight excluding hydrogens is 286 g/mol. The molecule has 1 atom stereocenters. The Morgan fingerprint density at radius 2 is 2.43 bits per heavy atom. The Morgan fingerprint density at radius 1 is 1.52 bits per heavy atom. The van der Waals surface area contributed by atoms with Crippen LogP contribution >= 0.6 is 11.3 Å². The van der Waals surface area contributed by atoms with Crippen LogP contribution in [0, 0.1) is 0 Å². The second kappa shape index (κ2) is 6.34. The van der Waals surface area contributed by atoms with Crippen LogP contribution in [-0.4, -0.2) is 35.5 Å². The molecule has 1 aliphatic rings. The van der Waals surface area contributed by atoms with Gasteiger partial charge in [-0.3, -0.25) is 9.69 Å². The minimum Gasteiger partial charge on any atom is -0.368 e. The Labute approximate surface area is 127 Å². The molecule has 1 aromatic carbocycles. The zero-order valence-electron chi connectivity index (χ0n) is 11.6. The zero-order valence-corrected chi connectivity index (χ0v) is 12.4. The number of morpholine rings is 1. The van der Waals surface area contributed by atoms with Gasteiger partial charge in [0.05, 0.1) is 6.61 Å². The van der Waals surface area contributed by atoms with Crippen LogP contribution in [0.1, 0.15) is 27.0 Å². The summed E-state index contributed by atoms with van der Waals surface area (Å²) in [5.74, 6) is -0.389. The third kappa shape index (κ3) is 3.47. The van der Waals surface area contributed by atoms with Crippen LogP contribution in [0.2, 0.25) is 0 Å². The predicted octanol–water partition coefficient (Wildman–Crippen LogP) is 1.82. The lowest BCUT2D eigenvalue weighted by Crippen LogP contribution is -2.37. The largest absolute Gasteiger partial charge is 0.368 e. The Bertz CT molecular complexity index is 615. The lowest BCUT2D eigenvalue weighted by Gasteiger charge is -2.32. The van der Waals surface area contributed by atoms with E-state index in [1.807, 2.05) is 23.6 Å². The topological polar surface area (TPSA) is 68.5 Å². The lowest BCUT2D eigenvalue weighted by atomic mass is 10.1. The Kier molecular flexibility index (Phi) is 4.28. The average molecular weight is 303 g/mol. The Balaban J connectivity index is 1.67. The summed E-state index contributed by atoms with van der Waals surface area (Å²) in [6, 6.07) is 7.48. The number of benzene rings is 1. The van der Waals surface area contributed by atoms with E-state index < -0.39 is 0 Å². The molecule has 1 fully saturated rings. The summed E-state index contributed by atoms with van der Waals surface area (Å²) in [6.07, 6.45) is 1.84. The standard InChI is InChI=1S/C15H17N3O2S/c16-14(19)12-3-1-2-11(8-12)9-18-5-6-20-13(10-18)15-17-4-7-21-15/h1-4,7-8,13H,5-6,9-10H2,(H2,16,19)/t13-/m0/s1. The van der Waals surface area contributed by atoms with E-state index in [1.54, 1.807) is 23.6 Å². The van der Waals surface area contributed by atoms with Gasteiger partial charge in [0, 0.05) is 36.8 Å². The first kappa shape index (κ1) is 14.2. The summed E-state index contributed by atoms with van der Waals surface area (Å²) in [5.41, 5.74) is 6.96. The number of aromatic nitrogens is 1. The van der Waals surface area contributed by atoms with Crippen molar-refractivity contribution in [3.05, 3.63) is 52.0 Å². The molecule has 2 aromatic rings. The fraction of sp³-hybridized carbons (Fsp3) is 0.333. The van der Waals surface area contributed by atoms with E-state index in [4.69, 9.17) is 10.5 Å². The molecule has 0 bridgehead atoms. The van der Waals surface area contributed by atoms with Crippen molar-refractivity contribution in [1.82, 2.24) is 9.88 Å². The summed E-state index contributed by atoms with van der Waals surface area (Å²) in [4.78, 5) is 17.9. The van der Waals surface area contributed by atoms with Crippen LogP contribution in [0.15, 0.2) is 35.8 Å². The highest BCUT2D eigenvalue weighted by molar-refractivity contribution is 7.09. The predicted molar refractivity (Wildman–Crippen MR) is 81.0 cm³/mol. The normalized spacial score (nSPS) is 19.5. The number of hydrogen-bond acceptors (Lipinski definition) is 5. The highest BCUT2D eigenvalue weighted by Crippen LogP contribution is 2.24. The van der Waals surface area contributed by atoms with Gasteiger partial charge in [-0.1, -0.05) is 12.1 Å². The fourth-order valence-corrected chi connectivity index (χ4v) is 3.15. The summed E-state index contributed by atoms with van der Waals surface area (Å²) in [6.45, 7) is 3.17. The summed E-state index contributed by atoms with van der Waals surface area (Å²) < 4.78 is 5.78. The molecule has 2 heterocycles. The second-order valence-electron chi connectivity index (χ2n) is 5.03. The first-order chi connectivity index (χ1) is 10.2. The molecule has 1 aliphatic heterocycles. The first-order valence-corrected chi connectivity index (χ1v) is 7.72. The van der Waals surface area contributed by atoms with Gasteiger partial charge >= 0.3 is 0 Å². The summed E-state index contributed by atoms with van der Waals surface area (Å²) in [7, 11) is 0. The third-order valence-electron chi connectivity index (χ3n) is 3.50. The van der Waals surface area contributed by atoms with Crippen LogP contribution in [0.25, 0.3) is 0 Å². The van der Waals surface area contributed by atoms with Crippen molar-refractivity contribution < 1.29 is 9.53 Å². The second-order valence-corrected chi connectivity index (χ2v) is 5.96. The van der Waals surface area contributed by atoms with Crippen LogP contribution in [0.5, 0.6) is 0 Å². The smallest absolute Gasteiger partial charge is 0.248 e. The van der Waals surface area contributed by atoms with Crippen molar-refractivity contribution in [3.8, 4) is 0 Å². The molecule has 0 spiro atoms. The van der Waals surface area contributed by atoms with Gasteiger partial charge in [-0.2, -0.15) is 0 Å². The van der Waals surface area contributed by atoms with Crippen molar-refractivity contribution >= 4 is 17.2 Å².